The minimum absolute atomic E-state index is 0.0685. The minimum Gasteiger partial charge on any atom is -0.464 e. The number of halogens is 1. The third-order valence-electron chi connectivity index (χ3n) is 4.66. The molecule has 0 fully saturated rings. The van der Waals surface area contributed by atoms with Crippen molar-refractivity contribution in [3.8, 4) is 0 Å². The van der Waals surface area contributed by atoms with Crippen LogP contribution in [0.3, 0.4) is 0 Å². The molecule has 0 heterocycles. The fraction of sp³-hybridized carbons (Fsp3) is 0.273. The molecule has 0 spiro atoms. The van der Waals surface area contributed by atoms with Gasteiger partial charge in [0.2, 0.25) is 0 Å². The smallest absolute Gasteiger partial charge is 0.408 e. The lowest BCUT2D eigenvalue weighted by Gasteiger charge is -2.24. The highest BCUT2D eigenvalue weighted by molar-refractivity contribution is 5.83. The highest BCUT2D eigenvalue weighted by Crippen LogP contribution is 2.39. The van der Waals surface area contributed by atoms with Gasteiger partial charge in [0.1, 0.15) is 18.5 Å². The Labute approximate surface area is 163 Å². The van der Waals surface area contributed by atoms with E-state index < -0.39 is 29.8 Å². The molecule has 0 bridgehead atoms. The van der Waals surface area contributed by atoms with Gasteiger partial charge in [-0.3, -0.25) is 0 Å². The van der Waals surface area contributed by atoms with Crippen molar-refractivity contribution in [1.29, 1.82) is 0 Å². The molecule has 146 valence electrons. The maximum Gasteiger partial charge on any atom is 0.408 e. The van der Waals surface area contributed by atoms with Gasteiger partial charge in [0.05, 0.1) is 6.61 Å². The first-order valence-electron chi connectivity index (χ1n) is 9.09. The van der Waals surface area contributed by atoms with Crippen LogP contribution in [0.2, 0.25) is 0 Å². The summed E-state index contributed by atoms with van der Waals surface area (Å²) >= 11 is 0. The molecule has 1 N–H and O–H groups in total. The van der Waals surface area contributed by atoms with E-state index in [1.807, 2.05) is 30.3 Å². The van der Waals surface area contributed by atoms with E-state index in [4.69, 9.17) is 9.47 Å². The summed E-state index contributed by atoms with van der Waals surface area (Å²) in [4.78, 5) is 24.9. The standard InChI is InChI=1S/C22H22FNO4/c1-3-27-21(25)20(24-22(26)28-13-15-7-5-4-6-8-15)19-14(2)11-16-9-10-17(23)12-18(16)19/h4-10,12,19-20H,2-3,11,13H2,1H3,(H,24,26)/t19?,20-/m0/s1. The zero-order chi connectivity index (χ0) is 20.1. The molecular weight excluding hydrogens is 361 g/mol. The van der Waals surface area contributed by atoms with Crippen LogP contribution in [0, 0.1) is 5.82 Å². The van der Waals surface area contributed by atoms with E-state index in [1.54, 1.807) is 13.0 Å². The molecule has 28 heavy (non-hydrogen) atoms. The van der Waals surface area contributed by atoms with E-state index in [9.17, 15) is 14.0 Å². The van der Waals surface area contributed by atoms with E-state index in [2.05, 4.69) is 11.9 Å². The molecule has 1 aliphatic rings. The number of hydrogen-bond donors (Lipinski definition) is 1. The average molecular weight is 383 g/mol. The summed E-state index contributed by atoms with van der Waals surface area (Å²) in [7, 11) is 0. The Kier molecular flexibility index (Phi) is 6.09. The Morgan fingerprint density at radius 1 is 1.21 bits per heavy atom. The quantitative estimate of drug-likeness (QED) is 0.607. The molecule has 6 heteroatoms. The van der Waals surface area contributed by atoms with Crippen molar-refractivity contribution in [2.24, 2.45) is 0 Å². The summed E-state index contributed by atoms with van der Waals surface area (Å²) in [6, 6.07) is 12.6. The Balaban J connectivity index is 1.78. The molecular formula is C22H22FNO4. The first-order valence-corrected chi connectivity index (χ1v) is 9.09. The van der Waals surface area contributed by atoms with Crippen molar-refractivity contribution in [3.63, 3.8) is 0 Å². The predicted molar refractivity (Wildman–Crippen MR) is 102 cm³/mol. The van der Waals surface area contributed by atoms with Crippen LogP contribution < -0.4 is 5.32 Å². The summed E-state index contributed by atoms with van der Waals surface area (Å²) in [5.74, 6) is -1.59. The highest BCUT2D eigenvalue weighted by Gasteiger charge is 2.39. The fourth-order valence-corrected chi connectivity index (χ4v) is 3.41. The van der Waals surface area contributed by atoms with Crippen LogP contribution >= 0.6 is 0 Å². The number of amides is 1. The van der Waals surface area contributed by atoms with E-state index >= 15 is 0 Å². The number of rotatable bonds is 6. The lowest BCUT2D eigenvalue weighted by molar-refractivity contribution is -0.145. The monoisotopic (exact) mass is 383 g/mol. The van der Waals surface area contributed by atoms with Crippen molar-refractivity contribution < 1.29 is 23.5 Å². The number of fused-ring (bicyclic) bond motifs is 1. The third kappa shape index (κ3) is 4.39. The van der Waals surface area contributed by atoms with Crippen molar-refractivity contribution >= 4 is 12.1 Å². The summed E-state index contributed by atoms with van der Waals surface area (Å²) in [6.07, 6.45) is -0.240. The number of esters is 1. The first kappa shape index (κ1) is 19.6. The minimum atomic E-state index is -1.04. The Morgan fingerprint density at radius 2 is 1.96 bits per heavy atom. The number of carbonyl (C=O) groups is 2. The van der Waals surface area contributed by atoms with Gasteiger partial charge in [-0.05, 0) is 42.2 Å². The van der Waals surface area contributed by atoms with Gasteiger partial charge >= 0.3 is 12.1 Å². The maximum atomic E-state index is 13.8. The summed E-state index contributed by atoms with van der Waals surface area (Å²) in [6.45, 7) is 5.93. The van der Waals surface area contributed by atoms with Crippen molar-refractivity contribution in [2.45, 2.75) is 31.9 Å². The largest absolute Gasteiger partial charge is 0.464 e. The number of nitrogens with one attached hydrogen (secondary N) is 1. The van der Waals surface area contributed by atoms with Crippen LogP contribution in [0.25, 0.3) is 0 Å². The molecule has 0 saturated heterocycles. The van der Waals surface area contributed by atoms with Crippen LogP contribution in [-0.4, -0.2) is 24.7 Å². The van der Waals surface area contributed by atoms with Gasteiger partial charge in [-0.1, -0.05) is 48.6 Å². The second-order valence-corrected chi connectivity index (χ2v) is 6.59. The molecule has 1 amide bonds. The summed E-state index contributed by atoms with van der Waals surface area (Å²) < 4.78 is 24.1. The van der Waals surface area contributed by atoms with Crippen LogP contribution in [0.4, 0.5) is 9.18 Å². The Hall–Kier alpha value is -3.15. The second-order valence-electron chi connectivity index (χ2n) is 6.59. The lowest BCUT2D eigenvalue weighted by atomic mass is 9.90. The van der Waals surface area contributed by atoms with Gasteiger partial charge in [0.25, 0.3) is 0 Å². The molecule has 1 aliphatic carbocycles. The van der Waals surface area contributed by atoms with Gasteiger partial charge in [-0.15, -0.1) is 0 Å². The molecule has 3 rings (SSSR count). The Bertz CT molecular complexity index is 881. The first-order chi connectivity index (χ1) is 13.5. The molecule has 5 nitrogen and oxygen atoms in total. The molecule has 2 atom stereocenters. The second kappa shape index (κ2) is 8.69. The lowest BCUT2D eigenvalue weighted by Crippen LogP contribution is -2.46. The van der Waals surface area contributed by atoms with E-state index in [0.717, 1.165) is 11.1 Å². The fourth-order valence-electron chi connectivity index (χ4n) is 3.41. The van der Waals surface area contributed by atoms with Gasteiger partial charge in [0, 0.05) is 5.92 Å². The third-order valence-corrected chi connectivity index (χ3v) is 4.66. The number of alkyl carbamates (subject to hydrolysis) is 1. The van der Waals surface area contributed by atoms with Crippen LogP contribution in [0.5, 0.6) is 0 Å². The van der Waals surface area contributed by atoms with Gasteiger partial charge in [-0.2, -0.15) is 0 Å². The molecule has 1 unspecified atom stereocenters. The molecule has 0 aliphatic heterocycles. The SMILES string of the molecule is C=C1Cc2ccc(F)cc2C1[C@H](NC(=O)OCc1ccccc1)C(=O)OCC. The average Bonchev–Trinajstić information content (AvgIpc) is 3.00. The number of carbonyl (C=O) groups excluding carboxylic acids is 2. The van der Waals surface area contributed by atoms with Crippen LogP contribution in [-0.2, 0) is 27.3 Å². The Morgan fingerprint density at radius 3 is 2.68 bits per heavy atom. The predicted octanol–water partition coefficient (Wildman–Crippen LogP) is 3.88. The van der Waals surface area contributed by atoms with Crippen LogP contribution in [0.15, 0.2) is 60.7 Å². The number of hydrogen-bond acceptors (Lipinski definition) is 4. The number of ether oxygens (including phenoxy) is 2. The van der Waals surface area contributed by atoms with Crippen molar-refractivity contribution in [1.82, 2.24) is 5.32 Å². The van der Waals surface area contributed by atoms with Gasteiger partial charge in [0.15, 0.2) is 0 Å². The highest BCUT2D eigenvalue weighted by atomic mass is 19.1. The zero-order valence-corrected chi connectivity index (χ0v) is 15.6. The summed E-state index contributed by atoms with van der Waals surface area (Å²) in [5, 5.41) is 2.59. The van der Waals surface area contributed by atoms with E-state index in [0.29, 0.717) is 17.6 Å². The van der Waals surface area contributed by atoms with E-state index in [1.165, 1.54) is 12.1 Å². The molecule has 0 aromatic heterocycles. The van der Waals surface area contributed by atoms with Gasteiger partial charge < -0.3 is 14.8 Å². The normalized spacial score (nSPS) is 16.2. The van der Waals surface area contributed by atoms with Gasteiger partial charge in [-0.25, -0.2) is 14.0 Å². The van der Waals surface area contributed by atoms with Crippen molar-refractivity contribution in [2.75, 3.05) is 6.61 Å². The molecule has 0 saturated carbocycles. The molecule has 2 aromatic rings. The number of benzene rings is 2. The molecule has 0 radical (unpaired) electrons. The van der Waals surface area contributed by atoms with Crippen molar-refractivity contribution in [3.05, 3.63) is 83.2 Å². The van der Waals surface area contributed by atoms with Crippen LogP contribution in [0.1, 0.15) is 29.5 Å². The zero-order valence-electron chi connectivity index (χ0n) is 15.6. The maximum absolute atomic E-state index is 13.8. The molecule has 2 aromatic carbocycles. The summed E-state index contributed by atoms with van der Waals surface area (Å²) in [5.41, 5.74) is 3.04. The van der Waals surface area contributed by atoms with E-state index in [-0.39, 0.29) is 13.2 Å². The topological polar surface area (TPSA) is 64.6 Å².